The van der Waals surface area contributed by atoms with Gasteiger partial charge in [0.15, 0.2) is 6.61 Å². The number of benzene rings is 1. The van der Waals surface area contributed by atoms with Crippen molar-refractivity contribution in [1.82, 2.24) is 0 Å². The van der Waals surface area contributed by atoms with Crippen molar-refractivity contribution < 1.29 is 9.53 Å². The number of amides is 1. The van der Waals surface area contributed by atoms with Gasteiger partial charge in [-0.2, -0.15) is 5.26 Å². The first-order valence-corrected chi connectivity index (χ1v) is 5.86. The summed E-state index contributed by atoms with van der Waals surface area (Å²) in [5.74, 6) is 0.525. The molecule has 0 aliphatic heterocycles. The first-order valence-electron chi connectivity index (χ1n) is 5.86. The number of anilines is 1. The van der Waals surface area contributed by atoms with Crippen LogP contribution in [0.5, 0.6) is 5.75 Å². The molecule has 0 unspecified atom stereocenters. The molecule has 5 nitrogen and oxygen atoms in total. The number of nitrogens with zero attached hydrogens (tertiary/aromatic N) is 1. The Hall–Kier alpha value is -2.06. The molecule has 0 fully saturated rings. The number of unbranched alkanes of at least 4 members (excludes halogenated alkanes) is 1. The first kappa shape index (κ1) is 14.0. The van der Waals surface area contributed by atoms with Crippen molar-refractivity contribution in [3.8, 4) is 11.8 Å². The summed E-state index contributed by atoms with van der Waals surface area (Å²) in [5, 5.41) is 11.2. The second kappa shape index (κ2) is 8.09. The average molecular weight is 247 g/mol. The van der Waals surface area contributed by atoms with E-state index in [-0.39, 0.29) is 12.5 Å². The smallest absolute Gasteiger partial charge is 0.224 e. The highest BCUT2D eigenvalue weighted by molar-refractivity contribution is 5.90. The first-order chi connectivity index (χ1) is 8.76. The van der Waals surface area contributed by atoms with E-state index in [4.69, 9.17) is 15.7 Å². The minimum Gasteiger partial charge on any atom is -0.479 e. The summed E-state index contributed by atoms with van der Waals surface area (Å²) in [6.07, 6.45) is 2.09. The van der Waals surface area contributed by atoms with Crippen LogP contribution < -0.4 is 15.8 Å². The van der Waals surface area contributed by atoms with Crippen LogP contribution in [0.2, 0.25) is 0 Å². The van der Waals surface area contributed by atoms with E-state index >= 15 is 0 Å². The topological polar surface area (TPSA) is 88.1 Å². The van der Waals surface area contributed by atoms with Crippen molar-refractivity contribution >= 4 is 11.6 Å². The number of hydrogen-bond acceptors (Lipinski definition) is 4. The third kappa shape index (κ3) is 5.32. The van der Waals surface area contributed by atoms with E-state index in [9.17, 15) is 4.79 Å². The molecule has 1 amide bonds. The molecule has 3 N–H and O–H groups in total. The minimum absolute atomic E-state index is 0.00605. The molecule has 0 aliphatic carbocycles. The summed E-state index contributed by atoms with van der Waals surface area (Å²) in [6, 6.07) is 8.86. The molecule has 96 valence electrons. The normalized spacial score (nSPS) is 9.56. The Labute approximate surface area is 107 Å². The number of rotatable bonds is 7. The number of carbonyl (C=O) groups is 1. The van der Waals surface area contributed by atoms with Gasteiger partial charge in [-0.15, -0.1) is 0 Å². The molecular formula is C13H17N3O2. The lowest BCUT2D eigenvalue weighted by Crippen LogP contribution is -2.12. The summed E-state index contributed by atoms with van der Waals surface area (Å²) < 4.78 is 5.15. The largest absolute Gasteiger partial charge is 0.479 e. The van der Waals surface area contributed by atoms with Crippen molar-refractivity contribution in [2.75, 3.05) is 18.5 Å². The monoisotopic (exact) mass is 247 g/mol. The van der Waals surface area contributed by atoms with Gasteiger partial charge in [-0.3, -0.25) is 4.79 Å². The Kier molecular flexibility index (Phi) is 6.30. The fraction of sp³-hybridized carbons (Fsp3) is 0.385. The third-order valence-electron chi connectivity index (χ3n) is 2.28. The number of nitriles is 1. The van der Waals surface area contributed by atoms with Crippen LogP contribution in [0.1, 0.15) is 19.3 Å². The van der Waals surface area contributed by atoms with Crippen LogP contribution in [0.25, 0.3) is 0 Å². The van der Waals surface area contributed by atoms with Crippen LogP contribution in [0.4, 0.5) is 5.69 Å². The quantitative estimate of drug-likeness (QED) is 0.717. The Balaban J connectivity index is 2.46. The van der Waals surface area contributed by atoms with Gasteiger partial charge in [0.2, 0.25) is 5.91 Å². The Morgan fingerprint density at radius 1 is 1.44 bits per heavy atom. The average Bonchev–Trinajstić information content (AvgIpc) is 2.37. The second-order valence-corrected chi connectivity index (χ2v) is 3.77. The highest BCUT2D eigenvalue weighted by Gasteiger charge is 2.03. The molecule has 1 aromatic carbocycles. The zero-order chi connectivity index (χ0) is 13.2. The maximum Gasteiger partial charge on any atom is 0.224 e. The molecular weight excluding hydrogens is 230 g/mol. The van der Waals surface area contributed by atoms with Crippen LogP contribution in [-0.2, 0) is 4.79 Å². The Morgan fingerprint density at radius 3 is 3.00 bits per heavy atom. The van der Waals surface area contributed by atoms with Crippen molar-refractivity contribution in [1.29, 1.82) is 5.26 Å². The van der Waals surface area contributed by atoms with Gasteiger partial charge < -0.3 is 15.8 Å². The second-order valence-electron chi connectivity index (χ2n) is 3.77. The van der Waals surface area contributed by atoms with Gasteiger partial charge in [0.05, 0.1) is 0 Å². The lowest BCUT2D eigenvalue weighted by atomic mass is 10.2. The van der Waals surface area contributed by atoms with Gasteiger partial charge in [0.1, 0.15) is 11.8 Å². The molecule has 0 atom stereocenters. The molecule has 0 radical (unpaired) electrons. The van der Waals surface area contributed by atoms with E-state index < -0.39 is 0 Å². The standard InChI is InChI=1S/C13H17N3O2/c14-7-2-1-6-13(17)16-11-4-3-5-12(10-11)18-9-8-15/h3-5,10H,1-2,6-7,9,14H2,(H,16,17). The summed E-state index contributed by atoms with van der Waals surface area (Å²) in [6.45, 7) is 0.596. The van der Waals surface area contributed by atoms with Gasteiger partial charge >= 0.3 is 0 Å². The Morgan fingerprint density at radius 2 is 2.28 bits per heavy atom. The van der Waals surface area contributed by atoms with E-state index in [0.717, 1.165) is 12.8 Å². The van der Waals surface area contributed by atoms with Crippen LogP contribution in [0.3, 0.4) is 0 Å². The number of nitrogens with one attached hydrogen (secondary N) is 1. The lowest BCUT2D eigenvalue weighted by molar-refractivity contribution is -0.116. The molecule has 1 rings (SSSR count). The highest BCUT2D eigenvalue weighted by atomic mass is 16.5. The maximum atomic E-state index is 11.6. The van der Waals surface area contributed by atoms with Crippen LogP contribution in [-0.4, -0.2) is 19.1 Å². The van der Waals surface area contributed by atoms with Crippen molar-refractivity contribution in [2.45, 2.75) is 19.3 Å². The minimum atomic E-state index is -0.0408. The third-order valence-corrected chi connectivity index (χ3v) is 2.28. The predicted octanol–water partition coefficient (Wildman–Crippen LogP) is 1.66. The predicted molar refractivity (Wildman–Crippen MR) is 69.1 cm³/mol. The van der Waals surface area contributed by atoms with Gasteiger partial charge in [0, 0.05) is 18.2 Å². The van der Waals surface area contributed by atoms with Crippen LogP contribution >= 0.6 is 0 Å². The fourth-order valence-electron chi connectivity index (χ4n) is 1.43. The molecule has 0 aliphatic rings. The summed E-state index contributed by atoms with van der Waals surface area (Å²) in [5.41, 5.74) is 6.03. The van der Waals surface area contributed by atoms with Crippen molar-refractivity contribution in [3.05, 3.63) is 24.3 Å². The maximum absolute atomic E-state index is 11.6. The molecule has 0 aromatic heterocycles. The van der Waals surface area contributed by atoms with Gasteiger partial charge in [0.25, 0.3) is 0 Å². The fourth-order valence-corrected chi connectivity index (χ4v) is 1.43. The molecule has 0 saturated carbocycles. The molecule has 1 aromatic rings. The van der Waals surface area contributed by atoms with Crippen molar-refractivity contribution in [2.24, 2.45) is 5.73 Å². The molecule has 0 spiro atoms. The number of carbonyl (C=O) groups excluding carboxylic acids is 1. The van der Waals surface area contributed by atoms with E-state index in [0.29, 0.717) is 24.4 Å². The molecule has 0 bridgehead atoms. The van der Waals surface area contributed by atoms with E-state index in [1.807, 2.05) is 6.07 Å². The number of nitrogens with two attached hydrogens (primary N) is 1. The SMILES string of the molecule is N#CCOc1cccc(NC(=O)CCCCN)c1. The molecule has 0 heterocycles. The zero-order valence-corrected chi connectivity index (χ0v) is 10.2. The lowest BCUT2D eigenvalue weighted by Gasteiger charge is -2.07. The van der Waals surface area contributed by atoms with Gasteiger partial charge in [-0.1, -0.05) is 6.07 Å². The van der Waals surface area contributed by atoms with Crippen LogP contribution in [0.15, 0.2) is 24.3 Å². The Bertz CT molecular complexity index is 426. The van der Waals surface area contributed by atoms with Gasteiger partial charge in [-0.25, -0.2) is 0 Å². The van der Waals surface area contributed by atoms with E-state index in [2.05, 4.69) is 5.32 Å². The summed E-state index contributed by atoms with van der Waals surface area (Å²) >= 11 is 0. The molecule has 18 heavy (non-hydrogen) atoms. The van der Waals surface area contributed by atoms with E-state index in [1.54, 1.807) is 24.3 Å². The van der Waals surface area contributed by atoms with Crippen LogP contribution in [0, 0.1) is 11.3 Å². The van der Waals surface area contributed by atoms with Gasteiger partial charge in [-0.05, 0) is 31.5 Å². The molecule has 5 heteroatoms. The number of ether oxygens (including phenoxy) is 1. The number of hydrogen-bond donors (Lipinski definition) is 2. The molecule has 0 saturated heterocycles. The highest BCUT2D eigenvalue weighted by Crippen LogP contribution is 2.17. The summed E-state index contributed by atoms with van der Waals surface area (Å²) in [4.78, 5) is 11.6. The van der Waals surface area contributed by atoms with Crippen molar-refractivity contribution in [3.63, 3.8) is 0 Å². The summed E-state index contributed by atoms with van der Waals surface area (Å²) in [7, 11) is 0. The van der Waals surface area contributed by atoms with E-state index in [1.165, 1.54) is 0 Å². The zero-order valence-electron chi connectivity index (χ0n) is 10.2.